The van der Waals surface area contributed by atoms with E-state index in [1.807, 2.05) is 66.3 Å². The van der Waals surface area contributed by atoms with Gasteiger partial charge in [0.1, 0.15) is 0 Å². The molecular formula is C16H13BrN2O. The van der Waals surface area contributed by atoms with Gasteiger partial charge in [0.15, 0.2) is 0 Å². The van der Waals surface area contributed by atoms with E-state index in [-0.39, 0.29) is 5.91 Å². The van der Waals surface area contributed by atoms with Crippen LogP contribution in [0.25, 0.3) is 10.9 Å². The summed E-state index contributed by atoms with van der Waals surface area (Å²) in [5.74, 6) is -0.101. The molecule has 0 aliphatic carbocycles. The number of hydrogen-bond donors (Lipinski definition) is 1. The molecule has 1 heterocycles. The summed E-state index contributed by atoms with van der Waals surface area (Å²) in [7, 11) is 1.97. The summed E-state index contributed by atoms with van der Waals surface area (Å²) in [5.41, 5.74) is 2.49. The number of aryl methyl sites for hydroxylation is 1. The van der Waals surface area contributed by atoms with Crippen molar-refractivity contribution in [2.24, 2.45) is 7.05 Å². The second kappa shape index (κ2) is 5.13. The predicted molar refractivity (Wildman–Crippen MR) is 85.0 cm³/mol. The first-order valence-electron chi connectivity index (χ1n) is 6.25. The summed E-state index contributed by atoms with van der Waals surface area (Å²) in [6.07, 6.45) is 1.99. The van der Waals surface area contributed by atoms with Crippen molar-refractivity contribution in [2.75, 3.05) is 5.32 Å². The van der Waals surface area contributed by atoms with Crippen molar-refractivity contribution in [3.05, 3.63) is 64.8 Å². The highest BCUT2D eigenvalue weighted by Gasteiger charge is 2.08. The standard InChI is InChI=1S/C16H13BrN2O/c1-19-9-8-11-2-3-12(10-15(11)19)16(20)18-14-6-4-13(17)5-7-14/h2-10H,1H3,(H,18,20). The maximum atomic E-state index is 12.2. The highest BCUT2D eigenvalue weighted by atomic mass is 79.9. The molecule has 4 heteroatoms. The Hall–Kier alpha value is -2.07. The van der Waals surface area contributed by atoms with Crippen LogP contribution in [0.1, 0.15) is 10.4 Å². The minimum atomic E-state index is -0.101. The van der Waals surface area contributed by atoms with Crippen LogP contribution in [-0.2, 0) is 7.05 Å². The molecule has 0 radical (unpaired) electrons. The highest BCUT2D eigenvalue weighted by Crippen LogP contribution is 2.19. The van der Waals surface area contributed by atoms with Gasteiger partial charge >= 0.3 is 0 Å². The molecule has 1 N–H and O–H groups in total. The van der Waals surface area contributed by atoms with Gasteiger partial charge in [-0.25, -0.2) is 0 Å². The van der Waals surface area contributed by atoms with E-state index in [1.54, 1.807) is 0 Å². The van der Waals surface area contributed by atoms with Gasteiger partial charge in [-0.15, -0.1) is 0 Å². The van der Waals surface area contributed by atoms with E-state index in [0.29, 0.717) is 5.56 Å². The summed E-state index contributed by atoms with van der Waals surface area (Å²) < 4.78 is 2.99. The van der Waals surface area contributed by atoms with Crippen molar-refractivity contribution in [3.8, 4) is 0 Å². The smallest absolute Gasteiger partial charge is 0.255 e. The van der Waals surface area contributed by atoms with E-state index in [4.69, 9.17) is 0 Å². The van der Waals surface area contributed by atoms with Crippen LogP contribution in [0.15, 0.2) is 59.2 Å². The summed E-state index contributed by atoms with van der Waals surface area (Å²) in [4.78, 5) is 12.2. The molecule has 100 valence electrons. The van der Waals surface area contributed by atoms with Crippen LogP contribution in [0, 0.1) is 0 Å². The fourth-order valence-electron chi connectivity index (χ4n) is 2.14. The number of nitrogens with zero attached hydrogens (tertiary/aromatic N) is 1. The number of aromatic nitrogens is 1. The van der Waals surface area contributed by atoms with Crippen molar-refractivity contribution in [1.29, 1.82) is 0 Å². The molecule has 0 fully saturated rings. The normalized spacial score (nSPS) is 10.7. The molecule has 0 aliphatic rings. The maximum absolute atomic E-state index is 12.2. The zero-order valence-electron chi connectivity index (χ0n) is 10.9. The Kier molecular flexibility index (Phi) is 3.32. The second-order valence-electron chi connectivity index (χ2n) is 4.66. The summed E-state index contributed by atoms with van der Waals surface area (Å²) in [6, 6.07) is 15.3. The minimum absolute atomic E-state index is 0.101. The number of fused-ring (bicyclic) bond motifs is 1. The third kappa shape index (κ3) is 2.47. The molecule has 1 amide bonds. The average molecular weight is 329 g/mol. The Bertz CT molecular complexity index is 775. The van der Waals surface area contributed by atoms with Crippen LogP contribution >= 0.6 is 15.9 Å². The summed E-state index contributed by atoms with van der Waals surface area (Å²) in [5, 5.41) is 4.02. The number of halogens is 1. The quantitative estimate of drug-likeness (QED) is 0.751. The molecule has 0 atom stereocenters. The maximum Gasteiger partial charge on any atom is 0.255 e. The number of carbonyl (C=O) groups excluding carboxylic acids is 1. The van der Waals surface area contributed by atoms with Crippen LogP contribution in [0.2, 0.25) is 0 Å². The van der Waals surface area contributed by atoms with Gasteiger partial charge in [-0.2, -0.15) is 0 Å². The van der Waals surface area contributed by atoms with Crippen LogP contribution in [0.4, 0.5) is 5.69 Å². The Morgan fingerprint density at radius 3 is 2.60 bits per heavy atom. The van der Waals surface area contributed by atoms with E-state index in [2.05, 4.69) is 21.2 Å². The second-order valence-corrected chi connectivity index (χ2v) is 5.58. The van der Waals surface area contributed by atoms with Gasteiger partial charge in [-0.05, 0) is 47.9 Å². The first-order chi connectivity index (χ1) is 9.63. The van der Waals surface area contributed by atoms with E-state index < -0.39 is 0 Å². The van der Waals surface area contributed by atoms with E-state index in [9.17, 15) is 4.79 Å². The Morgan fingerprint density at radius 2 is 1.85 bits per heavy atom. The summed E-state index contributed by atoms with van der Waals surface area (Å²) >= 11 is 3.37. The third-order valence-corrected chi connectivity index (χ3v) is 3.78. The number of rotatable bonds is 2. The van der Waals surface area contributed by atoms with Crippen LogP contribution < -0.4 is 5.32 Å². The summed E-state index contributed by atoms with van der Waals surface area (Å²) in [6.45, 7) is 0. The molecule has 0 aliphatic heterocycles. The zero-order chi connectivity index (χ0) is 14.1. The largest absolute Gasteiger partial charge is 0.351 e. The van der Waals surface area contributed by atoms with Crippen LogP contribution in [0.3, 0.4) is 0 Å². The molecule has 2 aromatic carbocycles. The molecule has 0 saturated heterocycles. The number of amides is 1. The lowest BCUT2D eigenvalue weighted by Gasteiger charge is -2.06. The van der Waals surface area contributed by atoms with Crippen molar-refractivity contribution in [1.82, 2.24) is 4.57 Å². The van der Waals surface area contributed by atoms with E-state index in [1.165, 1.54) is 0 Å². The molecule has 0 spiro atoms. The minimum Gasteiger partial charge on any atom is -0.351 e. The SMILES string of the molecule is Cn1ccc2ccc(C(=O)Nc3ccc(Br)cc3)cc21. The Balaban J connectivity index is 1.88. The van der Waals surface area contributed by atoms with Gasteiger partial charge < -0.3 is 9.88 Å². The number of hydrogen-bond acceptors (Lipinski definition) is 1. The number of anilines is 1. The molecule has 1 aromatic heterocycles. The van der Waals surface area contributed by atoms with Gasteiger partial charge in [0, 0.05) is 34.5 Å². The van der Waals surface area contributed by atoms with Crippen LogP contribution in [-0.4, -0.2) is 10.5 Å². The van der Waals surface area contributed by atoms with Crippen molar-refractivity contribution < 1.29 is 4.79 Å². The molecule has 3 nitrogen and oxygen atoms in total. The molecule has 0 saturated carbocycles. The van der Waals surface area contributed by atoms with Gasteiger partial charge in [-0.3, -0.25) is 4.79 Å². The number of carbonyl (C=O) groups is 1. The zero-order valence-corrected chi connectivity index (χ0v) is 12.5. The Morgan fingerprint density at radius 1 is 1.10 bits per heavy atom. The van der Waals surface area contributed by atoms with Gasteiger partial charge in [0.2, 0.25) is 0 Å². The van der Waals surface area contributed by atoms with Crippen LogP contribution in [0.5, 0.6) is 0 Å². The third-order valence-electron chi connectivity index (χ3n) is 3.25. The fraction of sp³-hybridized carbons (Fsp3) is 0.0625. The van der Waals surface area contributed by atoms with E-state index in [0.717, 1.165) is 21.1 Å². The number of benzene rings is 2. The first kappa shape index (κ1) is 12.9. The average Bonchev–Trinajstić information content (AvgIpc) is 2.82. The van der Waals surface area contributed by atoms with Crippen molar-refractivity contribution in [2.45, 2.75) is 0 Å². The topological polar surface area (TPSA) is 34.0 Å². The van der Waals surface area contributed by atoms with Crippen molar-refractivity contribution >= 4 is 38.4 Å². The lowest BCUT2D eigenvalue weighted by Crippen LogP contribution is -2.11. The molecule has 3 rings (SSSR count). The first-order valence-corrected chi connectivity index (χ1v) is 7.05. The fourth-order valence-corrected chi connectivity index (χ4v) is 2.40. The molecule has 0 bridgehead atoms. The molecular weight excluding hydrogens is 316 g/mol. The monoisotopic (exact) mass is 328 g/mol. The molecule has 20 heavy (non-hydrogen) atoms. The lowest BCUT2D eigenvalue weighted by atomic mass is 10.1. The predicted octanol–water partition coefficient (Wildman–Crippen LogP) is 4.19. The van der Waals surface area contributed by atoms with Gasteiger partial charge in [-0.1, -0.05) is 22.0 Å². The van der Waals surface area contributed by atoms with Gasteiger partial charge in [0.25, 0.3) is 5.91 Å². The van der Waals surface area contributed by atoms with E-state index >= 15 is 0 Å². The molecule has 0 unspecified atom stereocenters. The lowest BCUT2D eigenvalue weighted by molar-refractivity contribution is 0.102. The van der Waals surface area contributed by atoms with Gasteiger partial charge in [0.05, 0.1) is 0 Å². The van der Waals surface area contributed by atoms with Crippen molar-refractivity contribution in [3.63, 3.8) is 0 Å². The molecule has 3 aromatic rings. The number of nitrogens with one attached hydrogen (secondary N) is 1. The highest BCUT2D eigenvalue weighted by molar-refractivity contribution is 9.10. The Labute approximate surface area is 125 Å².